The van der Waals surface area contributed by atoms with Crippen molar-refractivity contribution in [3.63, 3.8) is 0 Å². The van der Waals surface area contributed by atoms with Crippen LogP contribution < -0.4 is 10.6 Å². The van der Waals surface area contributed by atoms with E-state index in [9.17, 15) is 9.50 Å². The van der Waals surface area contributed by atoms with E-state index in [1.165, 1.54) is 0 Å². The Morgan fingerprint density at radius 2 is 1.81 bits per heavy atom. The fourth-order valence-electron chi connectivity index (χ4n) is 3.64. The molecule has 0 saturated heterocycles. The van der Waals surface area contributed by atoms with Gasteiger partial charge in [-0.25, -0.2) is 4.39 Å². The summed E-state index contributed by atoms with van der Waals surface area (Å²) < 4.78 is 15.6. The van der Waals surface area contributed by atoms with Crippen molar-refractivity contribution >= 4 is 23.1 Å². The molecular formula is C20H24FN5O. The molecule has 0 aliphatic heterocycles. The zero-order chi connectivity index (χ0) is 19.0. The van der Waals surface area contributed by atoms with Crippen molar-refractivity contribution < 1.29 is 9.50 Å². The Balaban J connectivity index is 1.57. The maximum Gasteiger partial charge on any atom is 0.247 e. The summed E-state index contributed by atoms with van der Waals surface area (Å²) in [6.07, 6.45) is 3.34. The van der Waals surface area contributed by atoms with Crippen molar-refractivity contribution in [2.75, 3.05) is 10.6 Å². The van der Waals surface area contributed by atoms with Gasteiger partial charge in [0.2, 0.25) is 5.95 Å². The monoisotopic (exact) mass is 369 g/mol. The molecule has 0 radical (unpaired) electrons. The highest BCUT2D eigenvalue weighted by Crippen LogP contribution is 2.24. The molecule has 0 spiro atoms. The number of aryl methyl sites for hydroxylation is 2. The van der Waals surface area contributed by atoms with Crippen LogP contribution in [0.4, 0.5) is 21.8 Å². The third-order valence-electron chi connectivity index (χ3n) is 5.10. The molecule has 0 atom stereocenters. The number of anilines is 3. The van der Waals surface area contributed by atoms with Gasteiger partial charge in [0.05, 0.1) is 6.10 Å². The lowest BCUT2D eigenvalue weighted by atomic mass is 9.93. The summed E-state index contributed by atoms with van der Waals surface area (Å²) >= 11 is 0. The van der Waals surface area contributed by atoms with Gasteiger partial charge in [-0.2, -0.15) is 9.50 Å². The molecule has 27 heavy (non-hydrogen) atoms. The van der Waals surface area contributed by atoms with Gasteiger partial charge in [-0.05, 0) is 74.9 Å². The van der Waals surface area contributed by atoms with E-state index in [1.54, 1.807) is 30.5 Å². The molecule has 7 heteroatoms. The molecule has 2 heterocycles. The van der Waals surface area contributed by atoms with Gasteiger partial charge in [0.25, 0.3) is 0 Å². The molecule has 6 nitrogen and oxygen atoms in total. The van der Waals surface area contributed by atoms with Gasteiger partial charge in [0.1, 0.15) is 11.6 Å². The summed E-state index contributed by atoms with van der Waals surface area (Å²) in [5.41, 5.74) is 2.66. The van der Waals surface area contributed by atoms with Gasteiger partial charge in [-0.1, -0.05) is 6.07 Å². The van der Waals surface area contributed by atoms with Crippen molar-refractivity contribution in [1.29, 1.82) is 0 Å². The van der Waals surface area contributed by atoms with Crippen molar-refractivity contribution in [3.05, 3.63) is 47.3 Å². The summed E-state index contributed by atoms with van der Waals surface area (Å²) in [5, 5.41) is 20.9. The number of nitrogens with one attached hydrogen (secondary N) is 2. The largest absolute Gasteiger partial charge is 0.393 e. The number of halogens is 1. The molecule has 1 saturated carbocycles. The number of aliphatic hydroxyl groups is 1. The van der Waals surface area contributed by atoms with E-state index in [0.717, 1.165) is 42.8 Å². The number of aromatic nitrogens is 3. The number of fused-ring (bicyclic) bond motifs is 1. The van der Waals surface area contributed by atoms with E-state index in [4.69, 9.17) is 0 Å². The van der Waals surface area contributed by atoms with Crippen LogP contribution in [0.25, 0.3) is 5.65 Å². The van der Waals surface area contributed by atoms with E-state index >= 15 is 0 Å². The molecule has 1 aliphatic carbocycles. The van der Waals surface area contributed by atoms with Crippen molar-refractivity contribution in [1.82, 2.24) is 14.6 Å². The van der Waals surface area contributed by atoms with Crippen LogP contribution in [0, 0.1) is 19.7 Å². The molecule has 142 valence electrons. The van der Waals surface area contributed by atoms with E-state index < -0.39 is 0 Å². The normalized spacial score (nSPS) is 20.0. The number of hydrogen-bond donors (Lipinski definition) is 3. The molecule has 3 N–H and O–H groups in total. The predicted octanol–water partition coefficient (Wildman–Crippen LogP) is 3.94. The maximum absolute atomic E-state index is 13.8. The Bertz CT molecular complexity index is 939. The average molecular weight is 369 g/mol. The topological polar surface area (TPSA) is 74.5 Å². The van der Waals surface area contributed by atoms with Crippen LogP contribution in [0.3, 0.4) is 0 Å². The zero-order valence-corrected chi connectivity index (χ0v) is 15.5. The summed E-state index contributed by atoms with van der Waals surface area (Å²) in [6.45, 7) is 3.49. The first-order valence-corrected chi connectivity index (χ1v) is 9.34. The van der Waals surface area contributed by atoms with Gasteiger partial charge in [-0.3, -0.25) is 0 Å². The van der Waals surface area contributed by atoms with Crippen molar-refractivity contribution in [2.24, 2.45) is 0 Å². The van der Waals surface area contributed by atoms with Gasteiger partial charge < -0.3 is 15.7 Å². The quantitative estimate of drug-likeness (QED) is 0.649. The minimum Gasteiger partial charge on any atom is -0.393 e. The first-order valence-electron chi connectivity index (χ1n) is 9.34. The molecule has 4 rings (SSSR count). The minimum absolute atomic E-state index is 0.177. The van der Waals surface area contributed by atoms with E-state index in [0.29, 0.717) is 23.1 Å². The standard InChI is InChI=1S/C20H24FN5O/c1-12-10-15(11-13(2)19(12)21)23-20-24-18-5-3-4-17(26(18)25-20)22-14-6-8-16(27)9-7-14/h3-5,10-11,14,16,22,27H,6-9H2,1-2H3,(H,23,25). The summed E-state index contributed by atoms with van der Waals surface area (Å²) in [4.78, 5) is 4.52. The molecule has 0 unspecified atom stereocenters. The number of hydrogen-bond acceptors (Lipinski definition) is 5. The van der Waals surface area contributed by atoms with Crippen LogP contribution in [0.15, 0.2) is 30.3 Å². The van der Waals surface area contributed by atoms with E-state index in [-0.39, 0.29) is 11.9 Å². The maximum atomic E-state index is 13.8. The summed E-state index contributed by atoms with van der Waals surface area (Å²) in [7, 11) is 0. The second kappa shape index (κ2) is 7.15. The molecule has 2 aromatic heterocycles. The Morgan fingerprint density at radius 3 is 2.52 bits per heavy atom. The summed E-state index contributed by atoms with van der Waals surface area (Å²) in [6, 6.07) is 9.64. The first kappa shape index (κ1) is 17.7. The second-order valence-corrected chi connectivity index (χ2v) is 7.32. The van der Waals surface area contributed by atoms with Gasteiger partial charge in [0, 0.05) is 11.7 Å². The Morgan fingerprint density at radius 1 is 1.11 bits per heavy atom. The smallest absolute Gasteiger partial charge is 0.247 e. The fraction of sp³-hybridized carbons (Fsp3) is 0.400. The fourth-order valence-corrected chi connectivity index (χ4v) is 3.64. The van der Waals surface area contributed by atoms with Crippen LogP contribution in [-0.4, -0.2) is 31.9 Å². The van der Waals surface area contributed by atoms with E-state index in [2.05, 4.69) is 20.7 Å². The Kier molecular flexibility index (Phi) is 4.70. The molecule has 3 aromatic rings. The molecule has 0 amide bonds. The number of pyridine rings is 1. The predicted molar refractivity (Wildman–Crippen MR) is 104 cm³/mol. The molecular weight excluding hydrogens is 345 g/mol. The van der Waals surface area contributed by atoms with Crippen molar-refractivity contribution in [3.8, 4) is 0 Å². The van der Waals surface area contributed by atoms with Crippen LogP contribution in [0.2, 0.25) is 0 Å². The SMILES string of the molecule is Cc1cc(Nc2nc3cccc(NC4CCC(O)CC4)n3n2)cc(C)c1F. The van der Waals surface area contributed by atoms with Crippen LogP contribution in [-0.2, 0) is 0 Å². The Labute approximate surface area is 157 Å². The lowest BCUT2D eigenvalue weighted by Gasteiger charge is -2.26. The molecule has 0 bridgehead atoms. The highest BCUT2D eigenvalue weighted by molar-refractivity contribution is 5.59. The van der Waals surface area contributed by atoms with Crippen molar-refractivity contribution in [2.45, 2.75) is 51.7 Å². The molecule has 1 fully saturated rings. The molecule has 1 aromatic carbocycles. The number of rotatable bonds is 4. The number of aliphatic hydroxyl groups excluding tert-OH is 1. The number of benzene rings is 1. The second-order valence-electron chi connectivity index (χ2n) is 7.32. The van der Waals surface area contributed by atoms with Gasteiger partial charge >= 0.3 is 0 Å². The van der Waals surface area contributed by atoms with Crippen LogP contribution >= 0.6 is 0 Å². The summed E-state index contributed by atoms with van der Waals surface area (Å²) in [5.74, 6) is 1.15. The first-order chi connectivity index (χ1) is 13.0. The lowest BCUT2D eigenvalue weighted by molar-refractivity contribution is 0.126. The minimum atomic E-state index is -0.187. The third-order valence-corrected chi connectivity index (χ3v) is 5.10. The zero-order valence-electron chi connectivity index (χ0n) is 15.5. The third kappa shape index (κ3) is 3.73. The lowest BCUT2D eigenvalue weighted by Crippen LogP contribution is -2.29. The number of nitrogens with zero attached hydrogens (tertiary/aromatic N) is 3. The molecule has 1 aliphatic rings. The average Bonchev–Trinajstić information content (AvgIpc) is 3.05. The van der Waals surface area contributed by atoms with Crippen LogP contribution in [0.5, 0.6) is 0 Å². The van der Waals surface area contributed by atoms with Gasteiger partial charge in [0.15, 0.2) is 5.65 Å². The highest BCUT2D eigenvalue weighted by Gasteiger charge is 2.20. The van der Waals surface area contributed by atoms with Crippen LogP contribution in [0.1, 0.15) is 36.8 Å². The van der Waals surface area contributed by atoms with E-state index in [1.807, 2.05) is 18.2 Å². The van der Waals surface area contributed by atoms with Gasteiger partial charge in [-0.15, -0.1) is 5.10 Å². The highest BCUT2D eigenvalue weighted by atomic mass is 19.1. The Hall–Kier alpha value is -2.67.